The van der Waals surface area contributed by atoms with Gasteiger partial charge in [0.05, 0.1) is 0 Å². The number of carbonyl (C=O) groups excluding carboxylic acids is 4. The SMILES string of the molecule is O=C([O][Sn]([O]C(=O)C(c1ccccc1)c1ccccc1)([O]C(=O)C(c1ccccc1)c1ccccc1)[O]C(=O)C(c1ccccc1)c1ccccc1)C(c1ccccc1)c1ccccc1. The molecule has 8 aromatic rings. The van der Waals surface area contributed by atoms with Crippen LogP contribution in [0.5, 0.6) is 0 Å². The summed E-state index contributed by atoms with van der Waals surface area (Å²) in [6, 6.07) is 71.4. The Morgan fingerprint density at radius 1 is 0.231 bits per heavy atom. The van der Waals surface area contributed by atoms with Gasteiger partial charge in [0.25, 0.3) is 0 Å². The summed E-state index contributed by atoms with van der Waals surface area (Å²) in [5.41, 5.74) is 4.31. The first-order chi connectivity index (χ1) is 31.9. The number of carbonyl (C=O) groups is 4. The van der Waals surface area contributed by atoms with E-state index in [-0.39, 0.29) is 0 Å². The molecule has 320 valence electrons. The van der Waals surface area contributed by atoms with Gasteiger partial charge in [-0.25, -0.2) is 0 Å². The summed E-state index contributed by atoms with van der Waals surface area (Å²) in [5.74, 6) is -8.29. The minimum absolute atomic E-state index is 0.539. The first kappa shape index (κ1) is 44.1. The third kappa shape index (κ3) is 10.8. The average molecular weight is 964 g/mol. The molecule has 0 atom stereocenters. The fraction of sp³-hybridized carbons (Fsp3) is 0.0714. The van der Waals surface area contributed by atoms with Gasteiger partial charge in [0.2, 0.25) is 0 Å². The van der Waals surface area contributed by atoms with Gasteiger partial charge in [-0.15, -0.1) is 0 Å². The van der Waals surface area contributed by atoms with Crippen molar-refractivity contribution in [1.29, 1.82) is 0 Å². The molecule has 0 saturated heterocycles. The quantitative estimate of drug-likeness (QED) is 0.0882. The van der Waals surface area contributed by atoms with Crippen molar-refractivity contribution < 1.29 is 31.5 Å². The Labute approximate surface area is 384 Å². The molecule has 0 aliphatic carbocycles. The molecule has 0 unspecified atom stereocenters. The molecule has 0 saturated carbocycles. The van der Waals surface area contributed by atoms with Gasteiger partial charge in [0.1, 0.15) is 0 Å². The summed E-state index contributed by atoms with van der Waals surface area (Å²) in [5, 5.41) is 0. The molecular formula is C56H44O8Sn. The molecule has 0 bridgehead atoms. The molecule has 0 radical (unpaired) electrons. The molecule has 8 nitrogen and oxygen atoms in total. The van der Waals surface area contributed by atoms with E-state index >= 15 is 19.2 Å². The molecule has 0 aliphatic heterocycles. The predicted octanol–water partition coefficient (Wildman–Crippen LogP) is 10.9. The molecule has 0 N–H and O–H groups in total. The monoisotopic (exact) mass is 964 g/mol. The van der Waals surface area contributed by atoms with Gasteiger partial charge >= 0.3 is 386 Å². The standard InChI is InChI=1S/4C14H12O2.Sn/c4*15-14(16)13(11-7-3-1-4-8-11)12-9-5-2-6-10-12;/h4*1-10,13H,(H,15,16);/q;;;;+4/p-4. The van der Waals surface area contributed by atoms with E-state index in [4.69, 9.17) is 12.3 Å². The van der Waals surface area contributed by atoms with Gasteiger partial charge in [-0.3, -0.25) is 0 Å². The zero-order valence-electron chi connectivity index (χ0n) is 35.2. The molecule has 65 heavy (non-hydrogen) atoms. The van der Waals surface area contributed by atoms with Gasteiger partial charge in [0.15, 0.2) is 0 Å². The van der Waals surface area contributed by atoms with Crippen LogP contribution >= 0.6 is 0 Å². The van der Waals surface area contributed by atoms with E-state index in [0.717, 1.165) is 0 Å². The fourth-order valence-electron chi connectivity index (χ4n) is 7.88. The normalized spacial score (nSPS) is 11.3. The summed E-state index contributed by atoms with van der Waals surface area (Å²) < 4.78 is 26.1. The van der Waals surface area contributed by atoms with Gasteiger partial charge < -0.3 is 0 Å². The molecule has 0 heterocycles. The molecular weight excluding hydrogens is 919 g/mol. The van der Waals surface area contributed by atoms with Crippen LogP contribution in [0.3, 0.4) is 0 Å². The molecule has 9 heteroatoms. The Hall–Kier alpha value is -7.56. The molecule has 0 amide bonds. The number of hydrogen-bond acceptors (Lipinski definition) is 8. The van der Waals surface area contributed by atoms with Crippen molar-refractivity contribution in [2.24, 2.45) is 0 Å². The van der Waals surface area contributed by atoms with Crippen LogP contribution in [0.4, 0.5) is 0 Å². The van der Waals surface area contributed by atoms with E-state index < -0.39 is 67.6 Å². The third-order valence-electron chi connectivity index (χ3n) is 10.9. The van der Waals surface area contributed by atoms with Crippen molar-refractivity contribution in [3.63, 3.8) is 0 Å². The van der Waals surface area contributed by atoms with E-state index in [1.54, 1.807) is 194 Å². The summed E-state index contributed by atoms with van der Waals surface area (Å²) in [4.78, 5) is 61.2. The Balaban J connectivity index is 1.33. The van der Waals surface area contributed by atoms with Crippen LogP contribution in [-0.2, 0) is 31.5 Å². The second-order valence-electron chi connectivity index (χ2n) is 15.2. The molecule has 0 aromatic heterocycles. The predicted molar refractivity (Wildman–Crippen MR) is 249 cm³/mol. The van der Waals surface area contributed by atoms with E-state index in [1.807, 2.05) is 48.5 Å². The van der Waals surface area contributed by atoms with Crippen molar-refractivity contribution in [1.82, 2.24) is 0 Å². The summed E-state index contributed by atoms with van der Waals surface area (Å²) >= 11 is -6.94. The van der Waals surface area contributed by atoms with E-state index in [0.29, 0.717) is 44.5 Å². The van der Waals surface area contributed by atoms with Gasteiger partial charge in [0, 0.05) is 0 Å². The van der Waals surface area contributed by atoms with E-state index in [2.05, 4.69) is 0 Å². The molecule has 0 fully saturated rings. The zero-order chi connectivity index (χ0) is 44.9. The van der Waals surface area contributed by atoms with Crippen molar-refractivity contribution >= 4 is 43.9 Å². The maximum absolute atomic E-state index is 15.3. The fourth-order valence-corrected chi connectivity index (χ4v) is 12.7. The van der Waals surface area contributed by atoms with E-state index in [1.165, 1.54) is 0 Å². The van der Waals surface area contributed by atoms with Crippen molar-refractivity contribution in [3.8, 4) is 0 Å². The van der Waals surface area contributed by atoms with Crippen LogP contribution in [0, 0.1) is 0 Å². The first-order valence-electron chi connectivity index (χ1n) is 21.2. The average Bonchev–Trinajstić information content (AvgIpc) is 3.34. The Morgan fingerprint density at radius 3 is 0.477 bits per heavy atom. The van der Waals surface area contributed by atoms with Crippen LogP contribution in [-0.4, -0.2) is 43.9 Å². The minimum atomic E-state index is -6.94. The Kier molecular flexibility index (Phi) is 14.4. The second-order valence-corrected chi connectivity index (χ2v) is 20.4. The van der Waals surface area contributed by atoms with Crippen LogP contribution in [0.25, 0.3) is 0 Å². The van der Waals surface area contributed by atoms with Crippen molar-refractivity contribution in [3.05, 3.63) is 287 Å². The summed E-state index contributed by atoms with van der Waals surface area (Å²) in [6.07, 6.45) is 0. The Bertz CT molecular complexity index is 2230. The summed E-state index contributed by atoms with van der Waals surface area (Å²) in [7, 11) is 0. The van der Waals surface area contributed by atoms with Gasteiger partial charge in [-0.05, 0) is 0 Å². The van der Waals surface area contributed by atoms with Crippen molar-refractivity contribution in [2.75, 3.05) is 0 Å². The Morgan fingerprint density at radius 2 is 0.354 bits per heavy atom. The zero-order valence-corrected chi connectivity index (χ0v) is 38.0. The number of hydrogen-bond donors (Lipinski definition) is 0. The van der Waals surface area contributed by atoms with Gasteiger partial charge in [-0.2, -0.15) is 0 Å². The molecule has 0 aliphatic rings. The molecule has 8 aromatic carbocycles. The maximum atomic E-state index is 15.3. The molecule has 0 spiro atoms. The second kappa shape index (κ2) is 21.2. The molecule has 8 rings (SSSR count). The number of benzene rings is 8. The van der Waals surface area contributed by atoms with Crippen LogP contribution < -0.4 is 0 Å². The first-order valence-corrected chi connectivity index (χ1v) is 25.9. The van der Waals surface area contributed by atoms with Crippen molar-refractivity contribution in [2.45, 2.75) is 23.7 Å². The van der Waals surface area contributed by atoms with Crippen LogP contribution in [0.2, 0.25) is 0 Å². The number of rotatable bonds is 16. The summed E-state index contributed by atoms with van der Waals surface area (Å²) in [6.45, 7) is 0. The topological polar surface area (TPSA) is 105 Å². The van der Waals surface area contributed by atoms with Crippen LogP contribution in [0.1, 0.15) is 68.2 Å². The van der Waals surface area contributed by atoms with Gasteiger partial charge in [-0.1, -0.05) is 0 Å². The van der Waals surface area contributed by atoms with E-state index in [9.17, 15) is 0 Å². The third-order valence-corrected chi connectivity index (χ3v) is 16.1. The van der Waals surface area contributed by atoms with Crippen LogP contribution in [0.15, 0.2) is 243 Å².